The molecule has 0 amide bonds. The van der Waals surface area contributed by atoms with Crippen molar-refractivity contribution >= 4 is 31.9 Å². The first-order chi connectivity index (χ1) is 8.19. The lowest BCUT2D eigenvalue weighted by Crippen LogP contribution is -2.24. The van der Waals surface area contributed by atoms with Crippen LogP contribution in [-0.4, -0.2) is 6.10 Å². The van der Waals surface area contributed by atoms with Crippen LogP contribution in [0, 0.1) is 5.92 Å². The molecule has 1 saturated carbocycles. The van der Waals surface area contributed by atoms with Gasteiger partial charge in [0.15, 0.2) is 0 Å². The summed E-state index contributed by atoms with van der Waals surface area (Å²) in [4.78, 5) is 0. The van der Waals surface area contributed by atoms with Crippen LogP contribution in [0.15, 0.2) is 22.7 Å². The van der Waals surface area contributed by atoms with Crippen LogP contribution in [0.1, 0.15) is 38.2 Å². The Morgan fingerprint density at radius 1 is 1.35 bits per heavy atom. The minimum Gasteiger partial charge on any atom is -0.489 e. The molecule has 3 heteroatoms. The molecular formula is C14H18Br2O. The van der Waals surface area contributed by atoms with Crippen molar-refractivity contribution < 1.29 is 4.74 Å². The quantitative estimate of drug-likeness (QED) is 0.663. The highest BCUT2D eigenvalue weighted by Crippen LogP contribution is 2.32. The van der Waals surface area contributed by atoms with Crippen LogP contribution in [-0.2, 0) is 5.33 Å². The van der Waals surface area contributed by atoms with Crippen molar-refractivity contribution in [2.24, 2.45) is 5.92 Å². The van der Waals surface area contributed by atoms with Gasteiger partial charge in [-0.1, -0.05) is 35.3 Å². The second kappa shape index (κ2) is 6.24. The maximum Gasteiger partial charge on any atom is 0.133 e. The highest BCUT2D eigenvalue weighted by molar-refractivity contribution is 9.10. The summed E-state index contributed by atoms with van der Waals surface area (Å²) < 4.78 is 7.16. The fraction of sp³-hybridized carbons (Fsp3) is 0.571. The molecule has 1 aliphatic carbocycles. The molecule has 0 aromatic heterocycles. The molecule has 1 nitrogen and oxygen atoms in total. The normalized spacial score (nSPS) is 24.6. The number of ether oxygens (including phenoxy) is 1. The lowest BCUT2D eigenvalue weighted by molar-refractivity contribution is 0.128. The van der Waals surface area contributed by atoms with Crippen LogP contribution >= 0.6 is 31.9 Å². The Bertz CT molecular complexity index is 378. The second-order valence-corrected chi connectivity index (χ2v) is 6.33. The van der Waals surface area contributed by atoms with Gasteiger partial charge in [0.2, 0.25) is 0 Å². The zero-order chi connectivity index (χ0) is 12.3. The molecule has 17 heavy (non-hydrogen) atoms. The molecule has 1 aliphatic rings. The summed E-state index contributed by atoms with van der Waals surface area (Å²) in [6.45, 7) is 2.32. The van der Waals surface area contributed by atoms with Crippen molar-refractivity contribution in [1.29, 1.82) is 0 Å². The van der Waals surface area contributed by atoms with Crippen LogP contribution in [0.2, 0.25) is 0 Å². The van der Waals surface area contributed by atoms with Crippen molar-refractivity contribution in [3.8, 4) is 5.75 Å². The van der Waals surface area contributed by atoms with E-state index in [4.69, 9.17) is 4.74 Å². The molecule has 2 unspecified atom stereocenters. The average Bonchev–Trinajstić information content (AvgIpc) is 2.32. The predicted molar refractivity (Wildman–Crippen MR) is 78.8 cm³/mol. The fourth-order valence-electron chi connectivity index (χ4n) is 2.39. The Balaban J connectivity index is 2.02. The van der Waals surface area contributed by atoms with E-state index >= 15 is 0 Å². The lowest BCUT2D eigenvalue weighted by atomic mass is 9.89. The third kappa shape index (κ3) is 3.72. The van der Waals surface area contributed by atoms with Gasteiger partial charge in [0, 0.05) is 5.33 Å². The van der Waals surface area contributed by atoms with Crippen molar-refractivity contribution in [3.63, 3.8) is 0 Å². The number of hydrogen-bond acceptors (Lipinski definition) is 1. The van der Waals surface area contributed by atoms with Crippen LogP contribution in [0.3, 0.4) is 0 Å². The Kier molecular flexibility index (Phi) is 4.92. The van der Waals surface area contributed by atoms with Crippen LogP contribution < -0.4 is 4.74 Å². The molecule has 0 N–H and O–H groups in total. The Labute approximate surface area is 120 Å². The molecule has 0 aliphatic heterocycles. The third-order valence-electron chi connectivity index (χ3n) is 3.33. The molecule has 1 fully saturated rings. The first kappa shape index (κ1) is 13.4. The molecule has 0 heterocycles. The zero-order valence-corrected chi connectivity index (χ0v) is 13.3. The minimum atomic E-state index is 0.393. The predicted octanol–water partition coefficient (Wildman–Crippen LogP) is 5.30. The van der Waals surface area contributed by atoms with Gasteiger partial charge in [0.1, 0.15) is 5.75 Å². The van der Waals surface area contributed by atoms with Gasteiger partial charge in [-0.25, -0.2) is 0 Å². The van der Waals surface area contributed by atoms with Gasteiger partial charge >= 0.3 is 0 Å². The van der Waals surface area contributed by atoms with E-state index in [0.29, 0.717) is 6.10 Å². The van der Waals surface area contributed by atoms with Crippen molar-refractivity contribution in [2.45, 2.75) is 44.0 Å². The molecule has 2 rings (SSSR count). The third-order valence-corrected chi connectivity index (χ3v) is 4.60. The zero-order valence-electron chi connectivity index (χ0n) is 10.1. The van der Waals surface area contributed by atoms with Crippen LogP contribution in [0.5, 0.6) is 5.75 Å². The summed E-state index contributed by atoms with van der Waals surface area (Å²) in [5, 5.41) is 0.881. The topological polar surface area (TPSA) is 9.23 Å². The summed E-state index contributed by atoms with van der Waals surface area (Å²) >= 11 is 7.04. The van der Waals surface area contributed by atoms with Crippen LogP contribution in [0.25, 0.3) is 0 Å². The first-order valence-electron chi connectivity index (χ1n) is 6.20. The summed E-state index contributed by atoms with van der Waals surface area (Å²) in [5.74, 6) is 1.78. The highest BCUT2D eigenvalue weighted by Gasteiger charge is 2.20. The fourth-order valence-corrected chi connectivity index (χ4v) is 3.26. The first-order valence-corrected chi connectivity index (χ1v) is 8.11. The Morgan fingerprint density at radius 2 is 2.18 bits per heavy atom. The summed E-state index contributed by atoms with van der Waals surface area (Å²) in [5.41, 5.74) is 1.27. The summed E-state index contributed by atoms with van der Waals surface area (Å²) in [6, 6.07) is 6.30. The van der Waals surface area contributed by atoms with Crippen molar-refractivity contribution in [3.05, 3.63) is 28.2 Å². The van der Waals surface area contributed by atoms with E-state index in [1.807, 2.05) is 0 Å². The van der Waals surface area contributed by atoms with E-state index in [9.17, 15) is 0 Å². The Morgan fingerprint density at radius 3 is 2.82 bits per heavy atom. The standard InChI is InChI=1S/C14H18Br2O/c1-10-3-2-4-12(7-10)17-14-6-5-11(9-15)8-13(14)16/h5-6,8,10,12H,2-4,7,9H2,1H3. The van der Waals surface area contributed by atoms with Gasteiger partial charge in [0.05, 0.1) is 10.6 Å². The van der Waals surface area contributed by atoms with E-state index in [1.165, 1.54) is 31.2 Å². The van der Waals surface area contributed by atoms with Gasteiger partial charge in [-0.3, -0.25) is 0 Å². The van der Waals surface area contributed by atoms with Crippen LogP contribution in [0.4, 0.5) is 0 Å². The molecule has 1 aromatic rings. The minimum absolute atomic E-state index is 0.393. The summed E-state index contributed by atoms with van der Waals surface area (Å²) in [6.07, 6.45) is 5.42. The smallest absolute Gasteiger partial charge is 0.133 e. The molecule has 0 spiro atoms. The molecule has 1 aromatic carbocycles. The number of rotatable bonds is 3. The highest BCUT2D eigenvalue weighted by atomic mass is 79.9. The van der Waals surface area contributed by atoms with Crippen molar-refractivity contribution in [1.82, 2.24) is 0 Å². The molecule has 2 atom stereocenters. The van der Waals surface area contributed by atoms with E-state index in [1.54, 1.807) is 0 Å². The number of benzene rings is 1. The van der Waals surface area contributed by atoms with Gasteiger partial charge in [-0.2, -0.15) is 0 Å². The Hall–Kier alpha value is -0.0200. The van der Waals surface area contributed by atoms with Gasteiger partial charge < -0.3 is 4.74 Å². The average molecular weight is 362 g/mol. The number of hydrogen-bond donors (Lipinski definition) is 0. The molecular weight excluding hydrogens is 344 g/mol. The maximum atomic E-state index is 6.09. The number of halogens is 2. The van der Waals surface area contributed by atoms with E-state index in [0.717, 1.165) is 21.5 Å². The lowest BCUT2D eigenvalue weighted by Gasteiger charge is -2.27. The number of alkyl halides is 1. The van der Waals surface area contributed by atoms with Gasteiger partial charge in [-0.15, -0.1) is 0 Å². The molecule has 0 saturated heterocycles. The largest absolute Gasteiger partial charge is 0.489 e. The maximum absolute atomic E-state index is 6.09. The van der Waals surface area contributed by atoms with E-state index in [-0.39, 0.29) is 0 Å². The van der Waals surface area contributed by atoms with Crippen molar-refractivity contribution in [2.75, 3.05) is 0 Å². The molecule has 94 valence electrons. The van der Waals surface area contributed by atoms with Gasteiger partial charge in [-0.05, 0) is 58.8 Å². The van der Waals surface area contributed by atoms with Gasteiger partial charge in [0.25, 0.3) is 0 Å². The summed E-state index contributed by atoms with van der Waals surface area (Å²) in [7, 11) is 0. The SMILES string of the molecule is CC1CCCC(Oc2ccc(CBr)cc2Br)C1. The molecule has 0 bridgehead atoms. The van der Waals surface area contributed by atoms with E-state index < -0.39 is 0 Å². The van der Waals surface area contributed by atoms with E-state index in [2.05, 4.69) is 57.0 Å². The second-order valence-electron chi connectivity index (χ2n) is 4.91. The molecule has 0 radical (unpaired) electrons. The monoisotopic (exact) mass is 360 g/mol.